The SMILES string of the molecule is CSCCC(NC(=O)Nc1ccc(=O)[nH]n1)C(=O)O. The van der Waals surface area contributed by atoms with E-state index in [1.165, 1.54) is 23.9 Å². The summed E-state index contributed by atoms with van der Waals surface area (Å²) in [5, 5.41) is 19.3. The van der Waals surface area contributed by atoms with Gasteiger partial charge in [-0.2, -0.15) is 16.9 Å². The Labute approximate surface area is 113 Å². The topological polar surface area (TPSA) is 124 Å². The Bertz CT molecular complexity index is 484. The van der Waals surface area contributed by atoms with Crippen LogP contribution in [-0.2, 0) is 4.79 Å². The fourth-order valence-corrected chi connectivity index (χ4v) is 1.69. The molecular weight excluding hydrogens is 272 g/mol. The van der Waals surface area contributed by atoms with Gasteiger partial charge < -0.3 is 10.4 Å². The highest BCUT2D eigenvalue weighted by Gasteiger charge is 2.19. The summed E-state index contributed by atoms with van der Waals surface area (Å²) in [4.78, 5) is 33.2. The Morgan fingerprint density at radius 1 is 1.53 bits per heavy atom. The number of anilines is 1. The van der Waals surface area contributed by atoms with Gasteiger partial charge in [-0.25, -0.2) is 14.7 Å². The molecule has 0 fully saturated rings. The normalized spacial score (nSPS) is 11.6. The lowest BCUT2D eigenvalue weighted by atomic mass is 10.2. The number of carbonyl (C=O) groups excluding carboxylic acids is 1. The van der Waals surface area contributed by atoms with Crippen LogP contribution >= 0.6 is 11.8 Å². The van der Waals surface area contributed by atoms with Crippen LogP contribution in [0.2, 0.25) is 0 Å². The maximum Gasteiger partial charge on any atom is 0.326 e. The zero-order valence-electron chi connectivity index (χ0n) is 10.2. The molecule has 104 valence electrons. The summed E-state index contributed by atoms with van der Waals surface area (Å²) >= 11 is 1.49. The van der Waals surface area contributed by atoms with E-state index in [2.05, 4.69) is 20.8 Å². The first-order valence-corrected chi connectivity index (χ1v) is 6.77. The van der Waals surface area contributed by atoms with Gasteiger partial charge in [0.2, 0.25) is 0 Å². The highest BCUT2D eigenvalue weighted by atomic mass is 32.2. The highest BCUT2D eigenvalue weighted by Crippen LogP contribution is 2.02. The molecule has 0 radical (unpaired) electrons. The van der Waals surface area contributed by atoms with E-state index in [1.54, 1.807) is 0 Å². The van der Waals surface area contributed by atoms with Crippen LogP contribution in [0.4, 0.5) is 10.6 Å². The molecule has 1 aromatic heterocycles. The number of urea groups is 1. The third kappa shape index (κ3) is 5.42. The molecule has 1 aromatic rings. The second-order valence-electron chi connectivity index (χ2n) is 3.58. The molecule has 0 saturated carbocycles. The van der Waals surface area contributed by atoms with Crippen LogP contribution in [0, 0.1) is 0 Å². The number of aromatic amines is 1. The molecule has 0 aliphatic rings. The summed E-state index contributed by atoms with van der Waals surface area (Å²) < 4.78 is 0. The van der Waals surface area contributed by atoms with Crippen molar-refractivity contribution in [3.8, 4) is 0 Å². The Morgan fingerprint density at radius 3 is 2.79 bits per heavy atom. The van der Waals surface area contributed by atoms with Crippen LogP contribution in [-0.4, -0.2) is 45.4 Å². The van der Waals surface area contributed by atoms with Gasteiger partial charge in [0.05, 0.1) is 0 Å². The molecule has 19 heavy (non-hydrogen) atoms. The summed E-state index contributed by atoms with van der Waals surface area (Å²) in [6, 6.07) is 0.865. The number of carboxylic acids is 1. The average molecular weight is 286 g/mol. The first kappa shape index (κ1) is 15.0. The number of hydrogen-bond donors (Lipinski definition) is 4. The van der Waals surface area contributed by atoms with Gasteiger partial charge in [-0.3, -0.25) is 10.1 Å². The van der Waals surface area contributed by atoms with Gasteiger partial charge in [0.25, 0.3) is 5.56 Å². The fraction of sp³-hybridized carbons (Fsp3) is 0.400. The molecule has 1 unspecified atom stereocenters. The minimum Gasteiger partial charge on any atom is -0.480 e. The second kappa shape index (κ2) is 7.41. The lowest BCUT2D eigenvalue weighted by Crippen LogP contribution is -2.43. The molecule has 1 atom stereocenters. The highest BCUT2D eigenvalue weighted by molar-refractivity contribution is 7.98. The molecule has 1 rings (SSSR count). The number of hydrogen-bond acceptors (Lipinski definition) is 5. The van der Waals surface area contributed by atoms with Gasteiger partial charge in [0, 0.05) is 6.07 Å². The molecule has 4 N–H and O–H groups in total. The van der Waals surface area contributed by atoms with Crippen molar-refractivity contribution < 1.29 is 14.7 Å². The Balaban J connectivity index is 2.54. The molecule has 0 aliphatic carbocycles. The average Bonchev–Trinajstić information content (AvgIpc) is 2.37. The van der Waals surface area contributed by atoms with Crippen LogP contribution in [0.15, 0.2) is 16.9 Å². The van der Waals surface area contributed by atoms with Crippen molar-refractivity contribution in [1.29, 1.82) is 0 Å². The van der Waals surface area contributed by atoms with Gasteiger partial charge in [-0.15, -0.1) is 0 Å². The van der Waals surface area contributed by atoms with E-state index in [0.29, 0.717) is 12.2 Å². The lowest BCUT2D eigenvalue weighted by molar-refractivity contribution is -0.139. The molecule has 0 bridgehead atoms. The third-order valence-corrected chi connectivity index (χ3v) is 2.78. The van der Waals surface area contributed by atoms with Crippen molar-refractivity contribution in [3.63, 3.8) is 0 Å². The van der Waals surface area contributed by atoms with Gasteiger partial charge >= 0.3 is 12.0 Å². The van der Waals surface area contributed by atoms with Crippen molar-refractivity contribution in [2.45, 2.75) is 12.5 Å². The van der Waals surface area contributed by atoms with Crippen LogP contribution < -0.4 is 16.2 Å². The smallest absolute Gasteiger partial charge is 0.326 e. The fourth-order valence-electron chi connectivity index (χ4n) is 1.22. The molecule has 0 spiro atoms. The first-order chi connectivity index (χ1) is 9.02. The zero-order valence-corrected chi connectivity index (χ0v) is 11.0. The molecule has 0 aromatic carbocycles. The van der Waals surface area contributed by atoms with Crippen molar-refractivity contribution in [1.82, 2.24) is 15.5 Å². The van der Waals surface area contributed by atoms with Gasteiger partial charge in [0.1, 0.15) is 6.04 Å². The standard InChI is InChI=1S/C10H14N4O4S/c1-19-5-4-6(9(16)17)11-10(18)12-7-2-3-8(15)14-13-7/h2-3,6H,4-5H2,1H3,(H,14,15)(H,16,17)(H2,11,12,13,18). The number of aliphatic carboxylic acids is 1. The Morgan fingerprint density at radius 2 is 2.26 bits per heavy atom. The maximum absolute atomic E-state index is 11.6. The monoisotopic (exact) mass is 286 g/mol. The number of nitrogens with one attached hydrogen (secondary N) is 3. The lowest BCUT2D eigenvalue weighted by Gasteiger charge is -2.14. The van der Waals surface area contributed by atoms with Crippen LogP contribution in [0.1, 0.15) is 6.42 Å². The van der Waals surface area contributed by atoms with E-state index < -0.39 is 23.6 Å². The van der Waals surface area contributed by atoms with E-state index in [9.17, 15) is 14.4 Å². The van der Waals surface area contributed by atoms with Crippen molar-refractivity contribution >= 4 is 29.6 Å². The number of aromatic nitrogens is 2. The van der Waals surface area contributed by atoms with E-state index in [-0.39, 0.29) is 5.82 Å². The molecule has 8 nitrogen and oxygen atoms in total. The minimum absolute atomic E-state index is 0.131. The molecule has 1 heterocycles. The number of amides is 2. The summed E-state index contributed by atoms with van der Waals surface area (Å²) in [6.07, 6.45) is 2.17. The van der Waals surface area contributed by atoms with Crippen LogP contribution in [0.5, 0.6) is 0 Å². The quantitative estimate of drug-likeness (QED) is 0.588. The van der Waals surface area contributed by atoms with Crippen LogP contribution in [0.25, 0.3) is 0 Å². The molecule has 0 aliphatic heterocycles. The van der Waals surface area contributed by atoms with Crippen molar-refractivity contribution in [3.05, 3.63) is 22.5 Å². The summed E-state index contributed by atoms with van der Waals surface area (Å²) in [5.74, 6) is -0.349. The van der Waals surface area contributed by atoms with Gasteiger partial charge in [0.15, 0.2) is 5.82 Å². The van der Waals surface area contributed by atoms with E-state index in [0.717, 1.165) is 0 Å². The molecule has 0 saturated heterocycles. The Kier molecular flexibility index (Phi) is 5.86. The second-order valence-corrected chi connectivity index (χ2v) is 4.56. The van der Waals surface area contributed by atoms with Gasteiger partial charge in [-0.1, -0.05) is 0 Å². The van der Waals surface area contributed by atoms with Crippen LogP contribution in [0.3, 0.4) is 0 Å². The third-order valence-electron chi connectivity index (χ3n) is 2.13. The van der Waals surface area contributed by atoms with Crippen molar-refractivity contribution in [2.24, 2.45) is 0 Å². The molecular formula is C10H14N4O4S. The zero-order chi connectivity index (χ0) is 14.3. The maximum atomic E-state index is 11.6. The van der Waals surface area contributed by atoms with Crippen molar-refractivity contribution in [2.75, 3.05) is 17.3 Å². The van der Waals surface area contributed by atoms with Gasteiger partial charge in [-0.05, 0) is 24.5 Å². The van der Waals surface area contributed by atoms with E-state index >= 15 is 0 Å². The number of nitrogens with zero attached hydrogens (tertiary/aromatic N) is 1. The van der Waals surface area contributed by atoms with E-state index in [1.807, 2.05) is 6.26 Å². The summed E-state index contributed by atoms with van der Waals surface area (Å²) in [6.45, 7) is 0. The predicted octanol–water partition coefficient (Wildman–Crippen LogP) is 0.0977. The van der Waals surface area contributed by atoms with E-state index in [4.69, 9.17) is 5.11 Å². The number of rotatable bonds is 6. The number of carbonyl (C=O) groups is 2. The minimum atomic E-state index is -1.10. The number of carboxylic acid groups (broad SMARTS) is 1. The number of H-pyrrole nitrogens is 1. The predicted molar refractivity (Wildman–Crippen MR) is 71.4 cm³/mol. The molecule has 2 amide bonds. The Hall–Kier alpha value is -2.03. The summed E-state index contributed by atoms with van der Waals surface area (Å²) in [5.41, 5.74) is -0.394. The largest absolute Gasteiger partial charge is 0.480 e. The molecule has 9 heteroatoms. The number of thioether (sulfide) groups is 1. The summed E-state index contributed by atoms with van der Waals surface area (Å²) in [7, 11) is 0. The first-order valence-electron chi connectivity index (χ1n) is 5.38.